The summed E-state index contributed by atoms with van der Waals surface area (Å²) in [6, 6.07) is 0.513. The number of piperazine rings is 1. The van der Waals surface area contributed by atoms with Crippen molar-refractivity contribution in [2.45, 2.75) is 32.4 Å². The largest absolute Gasteiger partial charge is 0.481 e. The third-order valence-corrected chi connectivity index (χ3v) is 2.40. The summed E-state index contributed by atoms with van der Waals surface area (Å²) in [5.41, 5.74) is 0. The molecule has 4 nitrogen and oxygen atoms in total. The van der Waals surface area contributed by atoms with Crippen LogP contribution < -0.4 is 5.32 Å². The predicted octanol–water partition coefficient (Wildman–Crippen LogP) is 0.143. The molecule has 0 amide bonds. The highest BCUT2D eigenvalue weighted by Gasteiger charge is 2.24. The average Bonchev–Trinajstić information content (AvgIpc) is 2.01. The van der Waals surface area contributed by atoms with Crippen LogP contribution in [0.2, 0.25) is 0 Å². The van der Waals surface area contributed by atoms with Crippen molar-refractivity contribution in [1.82, 2.24) is 10.2 Å². The van der Waals surface area contributed by atoms with E-state index >= 15 is 0 Å². The maximum absolute atomic E-state index is 10.5. The van der Waals surface area contributed by atoms with Crippen molar-refractivity contribution in [3.8, 4) is 0 Å². The maximum atomic E-state index is 10.5. The molecule has 1 heterocycles. The maximum Gasteiger partial charge on any atom is 0.304 e. The van der Waals surface area contributed by atoms with Gasteiger partial charge in [0.2, 0.25) is 0 Å². The van der Waals surface area contributed by atoms with Gasteiger partial charge in [-0.1, -0.05) is 6.92 Å². The van der Waals surface area contributed by atoms with E-state index < -0.39 is 5.97 Å². The molecule has 0 aromatic carbocycles. The highest BCUT2D eigenvalue weighted by atomic mass is 16.4. The molecule has 0 radical (unpaired) electrons. The summed E-state index contributed by atoms with van der Waals surface area (Å²) < 4.78 is 0. The van der Waals surface area contributed by atoms with Crippen LogP contribution in [0.25, 0.3) is 0 Å². The van der Waals surface area contributed by atoms with Gasteiger partial charge in [-0.3, -0.25) is 4.79 Å². The number of aliphatic carboxylic acids is 1. The number of likely N-dealkylation sites (N-methyl/N-ethyl adjacent to an activating group) is 1. The highest BCUT2D eigenvalue weighted by molar-refractivity contribution is 5.67. The molecule has 2 unspecified atom stereocenters. The lowest BCUT2D eigenvalue weighted by atomic mass is 10.1. The third kappa shape index (κ3) is 3.32. The summed E-state index contributed by atoms with van der Waals surface area (Å²) in [4.78, 5) is 12.8. The van der Waals surface area contributed by atoms with Gasteiger partial charge in [-0.15, -0.1) is 0 Å². The van der Waals surface area contributed by atoms with Crippen LogP contribution in [-0.2, 0) is 4.79 Å². The van der Waals surface area contributed by atoms with E-state index in [9.17, 15) is 4.79 Å². The van der Waals surface area contributed by atoms with Crippen LogP contribution in [0.4, 0.5) is 0 Å². The molecule has 0 spiro atoms. The van der Waals surface area contributed by atoms with Crippen LogP contribution >= 0.6 is 0 Å². The van der Waals surface area contributed by atoms with Crippen LogP contribution in [0.1, 0.15) is 20.3 Å². The summed E-state index contributed by atoms with van der Waals surface area (Å²) in [5.74, 6) is -0.720. The second kappa shape index (κ2) is 4.58. The summed E-state index contributed by atoms with van der Waals surface area (Å²) in [6.07, 6.45) is 0.223. The Morgan fingerprint density at radius 1 is 1.62 bits per heavy atom. The summed E-state index contributed by atoms with van der Waals surface area (Å²) in [6.45, 7) is 7.08. The van der Waals surface area contributed by atoms with Crippen LogP contribution in [-0.4, -0.2) is 47.7 Å². The number of rotatable bonds is 3. The van der Waals surface area contributed by atoms with Gasteiger partial charge in [0.05, 0.1) is 6.42 Å². The quantitative estimate of drug-likeness (QED) is 0.658. The molecule has 2 atom stereocenters. The SMILES string of the molecule is CCN1CC(C)NC(CC(=O)O)C1. The number of nitrogens with one attached hydrogen (secondary N) is 1. The van der Waals surface area contributed by atoms with E-state index in [1.165, 1.54) is 0 Å². The zero-order valence-corrected chi connectivity index (χ0v) is 8.29. The molecule has 0 aromatic heterocycles. The second-order valence-corrected chi connectivity index (χ2v) is 3.71. The van der Waals surface area contributed by atoms with Crippen molar-refractivity contribution in [1.29, 1.82) is 0 Å². The fraction of sp³-hybridized carbons (Fsp3) is 0.889. The molecule has 1 aliphatic rings. The molecule has 1 aliphatic heterocycles. The van der Waals surface area contributed by atoms with Gasteiger partial charge in [-0.25, -0.2) is 0 Å². The minimum Gasteiger partial charge on any atom is -0.481 e. The molecule has 13 heavy (non-hydrogen) atoms. The molecule has 4 heteroatoms. The highest BCUT2D eigenvalue weighted by Crippen LogP contribution is 2.06. The van der Waals surface area contributed by atoms with Gasteiger partial charge in [-0.2, -0.15) is 0 Å². The zero-order valence-electron chi connectivity index (χ0n) is 8.29. The van der Waals surface area contributed by atoms with Crippen molar-refractivity contribution in [3.05, 3.63) is 0 Å². The van der Waals surface area contributed by atoms with E-state index in [0.717, 1.165) is 19.6 Å². The van der Waals surface area contributed by atoms with E-state index in [2.05, 4.69) is 24.1 Å². The Hall–Kier alpha value is -0.610. The predicted molar refractivity (Wildman–Crippen MR) is 50.8 cm³/mol. The van der Waals surface area contributed by atoms with Crippen LogP contribution in [0.15, 0.2) is 0 Å². The number of carboxylic acid groups (broad SMARTS) is 1. The van der Waals surface area contributed by atoms with E-state index in [1.54, 1.807) is 0 Å². The molecule has 76 valence electrons. The molecule has 1 saturated heterocycles. The first-order valence-corrected chi connectivity index (χ1v) is 4.82. The number of hydrogen-bond donors (Lipinski definition) is 2. The third-order valence-electron chi connectivity index (χ3n) is 2.40. The second-order valence-electron chi connectivity index (χ2n) is 3.71. The summed E-state index contributed by atoms with van der Waals surface area (Å²) in [7, 11) is 0. The Bertz CT molecular complexity index is 184. The van der Waals surface area contributed by atoms with Gasteiger partial charge in [0.15, 0.2) is 0 Å². The van der Waals surface area contributed by atoms with Gasteiger partial charge in [-0.05, 0) is 13.5 Å². The lowest BCUT2D eigenvalue weighted by Crippen LogP contribution is -2.55. The van der Waals surface area contributed by atoms with E-state index in [0.29, 0.717) is 6.04 Å². The first-order valence-electron chi connectivity index (χ1n) is 4.82. The van der Waals surface area contributed by atoms with Crippen molar-refractivity contribution < 1.29 is 9.90 Å². The van der Waals surface area contributed by atoms with Crippen LogP contribution in [0.5, 0.6) is 0 Å². The van der Waals surface area contributed by atoms with Crippen molar-refractivity contribution in [2.24, 2.45) is 0 Å². The smallest absolute Gasteiger partial charge is 0.304 e. The number of carboxylic acids is 1. The van der Waals surface area contributed by atoms with Gasteiger partial charge in [0, 0.05) is 25.2 Å². The molecule has 1 rings (SSSR count). The Morgan fingerprint density at radius 3 is 2.85 bits per heavy atom. The lowest BCUT2D eigenvalue weighted by molar-refractivity contribution is -0.137. The Balaban J connectivity index is 2.42. The number of nitrogens with zero attached hydrogens (tertiary/aromatic N) is 1. The average molecular weight is 186 g/mol. The van der Waals surface area contributed by atoms with E-state index in [-0.39, 0.29) is 12.5 Å². The van der Waals surface area contributed by atoms with E-state index in [4.69, 9.17) is 5.11 Å². The van der Waals surface area contributed by atoms with Gasteiger partial charge in [0.25, 0.3) is 0 Å². The standard InChI is InChI=1S/C9H18N2O2/c1-3-11-5-7(2)10-8(6-11)4-9(12)13/h7-8,10H,3-6H2,1-2H3,(H,12,13). The zero-order chi connectivity index (χ0) is 9.84. The van der Waals surface area contributed by atoms with Gasteiger partial charge < -0.3 is 15.3 Å². The Kier molecular flexibility index (Phi) is 3.69. The molecule has 0 bridgehead atoms. The minimum atomic E-state index is -0.720. The summed E-state index contributed by atoms with van der Waals surface area (Å²) >= 11 is 0. The minimum absolute atomic E-state index is 0.112. The molecular weight excluding hydrogens is 168 g/mol. The van der Waals surface area contributed by atoms with E-state index in [1.807, 2.05) is 0 Å². The topological polar surface area (TPSA) is 52.6 Å². The van der Waals surface area contributed by atoms with Crippen LogP contribution in [0.3, 0.4) is 0 Å². The monoisotopic (exact) mass is 186 g/mol. The molecule has 2 N–H and O–H groups in total. The van der Waals surface area contributed by atoms with Crippen molar-refractivity contribution in [3.63, 3.8) is 0 Å². The summed E-state index contributed by atoms with van der Waals surface area (Å²) in [5, 5.41) is 11.9. The van der Waals surface area contributed by atoms with Crippen molar-refractivity contribution in [2.75, 3.05) is 19.6 Å². The Labute approximate surface area is 78.9 Å². The van der Waals surface area contributed by atoms with Crippen molar-refractivity contribution >= 4 is 5.97 Å². The normalized spacial score (nSPS) is 30.3. The number of carbonyl (C=O) groups is 1. The lowest BCUT2D eigenvalue weighted by Gasteiger charge is -2.36. The first kappa shape index (κ1) is 10.5. The fourth-order valence-corrected chi connectivity index (χ4v) is 1.87. The van der Waals surface area contributed by atoms with Crippen LogP contribution in [0, 0.1) is 0 Å². The molecule has 0 aliphatic carbocycles. The fourth-order valence-electron chi connectivity index (χ4n) is 1.87. The van der Waals surface area contributed by atoms with Gasteiger partial charge in [0.1, 0.15) is 0 Å². The van der Waals surface area contributed by atoms with Gasteiger partial charge >= 0.3 is 5.97 Å². The first-order chi connectivity index (χ1) is 6.11. The number of hydrogen-bond acceptors (Lipinski definition) is 3. The molecular formula is C9H18N2O2. The molecule has 1 fully saturated rings. The molecule has 0 saturated carbocycles. The Morgan fingerprint density at radius 2 is 2.31 bits per heavy atom. The molecule has 0 aromatic rings.